The standard InChI is InChI=1S/C78H152O17P2/c1-7-10-12-14-16-18-20-22-23-24-25-26-30-38-44-50-56-62-77(82)94-73(66-89-76(81)61-55-49-43-37-31-27-28-34-40-46-52-58-70(4)5)68-92-96(84,85)90-64-72(79)65-91-97(86,87)93-69-74(67-88-75(80)60-54-48-42-36-29-21-19-17-15-13-11-8-2)95-78(83)63-57-51-45-39-33-32-35-41-47-53-59-71(6)9-3/h70-74,79H,7-69H2,1-6H3,(H,84,85)(H,86,87)/t71?,72-,73-,74-/m1/s1. The number of hydrogen-bond donors (Lipinski definition) is 3. The zero-order valence-electron chi connectivity index (χ0n) is 63.4. The Kier molecular flexibility index (Phi) is 68.4. The number of carbonyl (C=O) groups is 4. The molecule has 0 bridgehead atoms. The predicted octanol–water partition coefficient (Wildman–Crippen LogP) is 23.1. The van der Waals surface area contributed by atoms with E-state index in [4.69, 9.17) is 37.0 Å². The first-order valence-electron chi connectivity index (χ1n) is 40.5. The summed E-state index contributed by atoms with van der Waals surface area (Å²) in [5.74, 6) is -0.536. The fourth-order valence-corrected chi connectivity index (χ4v) is 13.6. The highest BCUT2D eigenvalue weighted by atomic mass is 31.2. The summed E-state index contributed by atoms with van der Waals surface area (Å²) in [6.07, 6.45) is 58.0. The largest absolute Gasteiger partial charge is 0.472 e. The fourth-order valence-electron chi connectivity index (χ4n) is 12.0. The van der Waals surface area contributed by atoms with E-state index in [0.717, 1.165) is 102 Å². The zero-order valence-corrected chi connectivity index (χ0v) is 65.2. The summed E-state index contributed by atoms with van der Waals surface area (Å²) in [4.78, 5) is 72.9. The van der Waals surface area contributed by atoms with Gasteiger partial charge in [-0.1, -0.05) is 356 Å². The molecule has 0 saturated heterocycles. The average Bonchev–Trinajstić information content (AvgIpc) is 1.27. The first kappa shape index (κ1) is 95.1. The van der Waals surface area contributed by atoms with E-state index in [2.05, 4.69) is 41.5 Å². The lowest BCUT2D eigenvalue weighted by Crippen LogP contribution is -2.30. The molecule has 0 amide bonds. The van der Waals surface area contributed by atoms with Crippen molar-refractivity contribution in [1.29, 1.82) is 0 Å². The maximum absolute atomic E-state index is 13.1. The summed E-state index contributed by atoms with van der Waals surface area (Å²) in [6.45, 7) is 9.65. The Labute approximate surface area is 594 Å². The Balaban J connectivity index is 5.27. The van der Waals surface area contributed by atoms with Gasteiger partial charge in [0.2, 0.25) is 0 Å². The first-order chi connectivity index (χ1) is 46.9. The molecule has 0 aliphatic rings. The van der Waals surface area contributed by atoms with Gasteiger partial charge in [0.15, 0.2) is 12.2 Å². The van der Waals surface area contributed by atoms with Gasteiger partial charge in [0.25, 0.3) is 0 Å². The second-order valence-electron chi connectivity index (χ2n) is 28.8. The molecule has 0 spiro atoms. The average molecular weight is 1420 g/mol. The van der Waals surface area contributed by atoms with E-state index in [1.165, 1.54) is 225 Å². The molecule has 6 atom stereocenters. The lowest BCUT2D eigenvalue weighted by atomic mass is 9.99. The molecule has 0 aromatic rings. The molecule has 17 nitrogen and oxygen atoms in total. The SMILES string of the molecule is CCCCCCCCCCCCCCCCCCCC(=O)O[C@H](COC(=O)CCCCCCCCCCCCCC(C)C)COP(=O)(O)OC[C@@H](O)COP(=O)(O)OC[C@@H](COC(=O)CCCCCCCCCCCCCC)OC(=O)CCCCCCCCCCCCC(C)CC. The van der Waals surface area contributed by atoms with Crippen molar-refractivity contribution in [3.8, 4) is 0 Å². The van der Waals surface area contributed by atoms with Crippen LogP contribution in [0.5, 0.6) is 0 Å². The second-order valence-corrected chi connectivity index (χ2v) is 31.7. The van der Waals surface area contributed by atoms with Crippen molar-refractivity contribution in [2.75, 3.05) is 39.6 Å². The molecule has 3 N–H and O–H groups in total. The molecule has 0 aromatic carbocycles. The number of carbonyl (C=O) groups excluding carboxylic acids is 4. The third-order valence-electron chi connectivity index (χ3n) is 18.6. The molecule has 0 aromatic heterocycles. The summed E-state index contributed by atoms with van der Waals surface area (Å²) in [7, 11) is -9.92. The van der Waals surface area contributed by atoms with Crippen LogP contribution in [0, 0.1) is 11.8 Å². The zero-order chi connectivity index (χ0) is 71.4. The van der Waals surface area contributed by atoms with Crippen molar-refractivity contribution in [3.63, 3.8) is 0 Å². The highest BCUT2D eigenvalue weighted by Gasteiger charge is 2.30. The molecular formula is C78H152O17P2. The smallest absolute Gasteiger partial charge is 0.462 e. The summed E-state index contributed by atoms with van der Waals surface area (Å²) >= 11 is 0. The molecule has 0 saturated carbocycles. The van der Waals surface area contributed by atoms with E-state index in [1.807, 2.05) is 0 Å². The number of unbranched alkanes of at least 4 members (excludes halogenated alkanes) is 46. The second kappa shape index (κ2) is 69.8. The van der Waals surface area contributed by atoms with Crippen LogP contribution in [0.4, 0.5) is 0 Å². The van der Waals surface area contributed by atoms with Crippen LogP contribution < -0.4 is 0 Å². The van der Waals surface area contributed by atoms with Crippen molar-refractivity contribution in [2.45, 2.75) is 426 Å². The topological polar surface area (TPSA) is 237 Å². The molecule has 0 fully saturated rings. The van der Waals surface area contributed by atoms with Crippen LogP contribution in [0.25, 0.3) is 0 Å². The van der Waals surface area contributed by atoms with Crippen LogP contribution in [0.1, 0.15) is 408 Å². The van der Waals surface area contributed by atoms with Crippen molar-refractivity contribution >= 4 is 39.5 Å². The van der Waals surface area contributed by atoms with Crippen LogP contribution in [0.2, 0.25) is 0 Å². The normalized spacial score (nSPS) is 14.2. The summed E-state index contributed by atoms with van der Waals surface area (Å²) in [6, 6.07) is 0. The van der Waals surface area contributed by atoms with Crippen molar-refractivity contribution in [3.05, 3.63) is 0 Å². The third-order valence-corrected chi connectivity index (χ3v) is 20.5. The number of phosphoric ester groups is 2. The molecule has 0 aliphatic heterocycles. The highest BCUT2D eigenvalue weighted by molar-refractivity contribution is 7.47. The van der Waals surface area contributed by atoms with E-state index >= 15 is 0 Å². The van der Waals surface area contributed by atoms with Crippen LogP contribution in [-0.4, -0.2) is 96.7 Å². The van der Waals surface area contributed by atoms with Crippen molar-refractivity contribution in [2.24, 2.45) is 11.8 Å². The van der Waals surface area contributed by atoms with E-state index < -0.39 is 97.5 Å². The van der Waals surface area contributed by atoms with Crippen molar-refractivity contribution < 1.29 is 80.2 Å². The molecular weight excluding hydrogens is 1270 g/mol. The van der Waals surface area contributed by atoms with Gasteiger partial charge >= 0.3 is 39.5 Å². The van der Waals surface area contributed by atoms with Gasteiger partial charge in [-0.25, -0.2) is 9.13 Å². The van der Waals surface area contributed by atoms with E-state index in [-0.39, 0.29) is 25.7 Å². The minimum atomic E-state index is -4.96. The Hall–Kier alpha value is -1.94. The van der Waals surface area contributed by atoms with Gasteiger partial charge in [0.1, 0.15) is 19.3 Å². The van der Waals surface area contributed by atoms with Gasteiger partial charge in [0.05, 0.1) is 26.4 Å². The lowest BCUT2D eigenvalue weighted by Gasteiger charge is -2.21. The highest BCUT2D eigenvalue weighted by Crippen LogP contribution is 2.45. The number of rotatable bonds is 77. The number of esters is 4. The molecule has 3 unspecified atom stereocenters. The van der Waals surface area contributed by atoms with Gasteiger partial charge in [-0.05, 0) is 37.5 Å². The van der Waals surface area contributed by atoms with Gasteiger partial charge in [-0.3, -0.25) is 37.3 Å². The Morgan fingerprint density at radius 1 is 0.299 bits per heavy atom. The predicted molar refractivity (Wildman–Crippen MR) is 395 cm³/mol. The van der Waals surface area contributed by atoms with E-state index in [0.29, 0.717) is 25.7 Å². The summed E-state index contributed by atoms with van der Waals surface area (Å²) in [5.41, 5.74) is 0. The molecule has 19 heteroatoms. The Morgan fingerprint density at radius 3 is 0.784 bits per heavy atom. The van der Waals surface area contributed by atoms with Gasteiger partial charge in [0, 0.05) is 25.7 Å². The first-order valence-corrected chi connectivity index (χ1v) is 43.5. The molecule has 97 heavy (non-hydrogen) atoms. The summed E-state index contributed by atoms with van der Waals surface area (Å²) < 4.78 is 68.6. The van der Waals surface area contributed by atoms with Gasteiger partial charge in [-0.2, -0.15) is 0 Å². The van der Waals surface area contributed by atoms with E-state index in [1.54, 1.807) is 0 Å². The van der Waals surface area contributed by atoms with Crippen LogP contribution in [-0.2, 0) is 65.4 Å². The fraction of sp³-hybridized carbons (Fsp3) is 0.949. The molecule has 0 heterocycles. The van der Waals surface area contributed by atoms with Crippen LogP contribution in [0.3, 0.4) is 0 Å². The Bertz CT molecular complexity index is 1870. The third kappa shape index (κ3) is 70.9. The van der Waals surface area contributed by atoms with Gasteiger partial charge in [-0.15, -0.1) is 0 Å². The van der Waals surface area contributed by atoms with Crippen LogP contribution >= 0.6 is 15.6 Å². The minimum absolute atomic E-state index is 0.107. The minimum Gasteiger partial charge on any atom is -0.462 e. The molecule has 0 rings (SSSR count). The number of hydrogen-bond acceptors (Lipinski definition) is 15. The molecule has 0 aliphatic carbocycles. The number of aliphatic hydroxyl groups excluding tert-OH is 1. The Morgan fingerprint density at radius 2 is 0.526 bits per heavy atom. The van der Waals surface area contributed by atoms with Gasteiger partial charge < -0.3 is 33.8 Å². The van der Waals surface area contributed by atoms with Crippen molar-refractivity contribution in [1.82, 2.24) is 0 Å². The molecule has 576 valence electrons. The van der Waals surface area contributed by atoms with Crippen LogP contribution in [0.15, 0.2) is 0 Å². The maximum atomic E-state index is 13.1. The number of ether oxygens (including phenoxy) is 4. The quantitative estimate of drug-likeness (QED) is 0.0222. The molecule has 0 radical (unpaired) electrons. The van der Waals surface area contributed by atoms with E-state index in [9.17, 15) is 43.2 Å². The monoisotopic (exact) mass is 1420 g/mol. The number of aliphatic hydroxyl groups is 1. The number of phosphoric acid groups is 2. The summed E-state index contributed by atoms with van der Waals surface area (Å²) in [5, 5.41) is 10.6. The maximum Gasteiger partial charge on any atom is 0.472 e. The lowest BCUT2D eigenvalue weighted by molar-refractivity contribution is -0.161.